The van der Waals surface area contributed by atoms with Gasteiger partial charge in [0.05, 0.1) is 18.1 Å². The third-order valence-electron chi connectivity index (χ3n) is 3.55. The summed E-state index contributed by atoms with van der Waals surface area (Å²) in [4.78, 5) is 19.5. The third kappa shape index (κ3) is 4.33. The highest BCUT2D eigenvalue weighted by Gasteiger charge is 2.23. The molecule has 0 spiro atoms. The van der Waals surface area contributed by atoms with Gasteiger partial charge < -0.3 is 20.1 Å². The number of nitrogens with two attached hydrogens (primary N) is 1. The number of piperidine rings is 1. The Hall–Kier alpha value is -1.34. The maximum Gasteiger partial charge on any atom is 0.323 e. The number of ether oxygens (including phenoxy) is 2. The Morgan fingerprint density at radius 1 is 1.32 bits per heavy atom. The van der Waals surface area contributed by atoms with E-state index in [2.05, 4.69) is 9.88 Å². The second kappa shape index (κ2) is 8.33. The Balaban J connectivity index is 2.10. The molecule has 1 aromatic rings. The summed E-state index contributed by atoms with van der Waals surface area (Å²) in [6.07, 6.45) is 4.07. The summed E-state index contributed by atoms with van der Waals surface area (Å²) in [6, 6.07) is -0.672. The molecule has 22 heavy (non-hydrogen) atoms. The zero-order valence-corrected chi connectivity index (χ0v) is 14.2. The predicted molar refractivity (Wildman–Crippen MR) is 87.7 cm³/mol. The van der Waals surface area contributed by atoms with Crippen LogP contribution in [0, 0.1) is 0 Å². The van der Waals surface area contributed by atoms with E-state index in [1.165, 1.54) is 19.3 Å². The van der Waals surface area contributed by atoms with Crippen LogP contribution in [-0.4, -0.2) is 43.3 Å². The van der Waals surface area contributed by atoms with Gasteiger partial charge in [-0.05, 0) is 33.1 Å². The van der Waals surface area contributed by atoms with Gasteiger partial charge in [-0.15, -0.1) is 0 Å². The average Bonchev–Trinajstić information content (AvgIpc) is 2.92. The van der Waals surface area contributed by atoms with E-state index in [1.807, 2.05) is 6.92 Å². The van der Waals surface area contributed by atoms with Crippen LogP contribution in [0.25, 0.3) is 0 Å². The maximum atomic E-state index is 11.7. The maximum absolute atomic E-state index is 11.7. The van der Waals surface area contributed by atoms with E-state index in [0.717, 1.165) is 23.1 Å². The smallest absolute Gasteiger partial charge is 0.323 e. The fraction of sp³-hybridized carbons (Fsp3) is 0.733. The standard InChI is InChI=1S/C15H25N3O3S/c1-3-20-13-12(10-11(16)14(19)21-4-2)22-15(17-13)18-8-6-5-7-9-18/h11H,3-10,16H2,1-2H3. The zero-order chi connectivity index (χ0) is 15.9. The fourth-order valence-electron chi connectivity index (χ4n) is 2.46. The van der Waals surface area contributed by atoms with E-state index in [1.54, 1.807) is 18.3 Å². The fourth-order valence-corrected chi connectivity index (χ4v) is 3.57. The van der Waals surface area contributed by atoms with Crippen LogP contribution in [0.5, 0.6) is 5.88 Å². The first-order valence-electron chi connectivity index (χ1n) is 7.95. The van der Waals surface area contributed by atoms with Crippen molar-refractivity contribution in [1.82, 2.24) is 4.98 Å². The molecule has 1 aliphatic heterocycles. The van der Waals surface area contributed by atoms with Crippen LogP contribution >= 0.6 is 11.3 Å². The van der Waals surface area contributed by atoms with Crippen molar-refractivity contribution in [2.75, 3.05) is 31.2 Å². The van der Waals surface area contributed by atoms with E-state index >= 15 is 0 Å². The van der Waals surface area contributed by atoms with Gasteiger partial charge in [0.2, 0.25) is 5.88 Å². The van der Waals surface area contributed by atoms with E-state index in [0.29, 0.717) is 25.5 Å². The Kier molecular flexibility index (Phi) is 6.45. The number of rotatable bonds is 7. The van der Waals surface area contributed by atoms with Gasteiger partial charge in [-0.1, -0.05) is 11.3 Å². The first kappa shape index (κ1) is 17.0. The lowest BCUT2D eigenvalue weighted by Crippen LogP contribution is -2.34. The highest BCUT2D eigenvalue weighted by molar-refractivity contribution is 7.15. The Morgan fingerprint density at radius 2 is 2.05 bits per heavy atom. The lowest BCUT2D eigenvalue weighted by Gasteiger charge is -2.25. The highest BCUT2D eigenvalue weighted by atomic mass is 32.1. The molecule has 1 aromatic heterocycles. The molecule has 1 unspecified atom stereocenters. The first-order chi connectivity index (χ1) is 10.7. The largest absolute Gasteiger partial charge is 0.477 e. The molecule has 1 fully saturated rings. The summed E-state index contributed by atoms with van der Waals surface area (Å²) in [7, 11) is 0. The van der Waals surface area contributed by atoms with E-state index < -0.39 is 6.04 Å². The second-order valence-electron chi connectivity index (χ2n) is 5.27. The molecule has 7 heteroatoms. The second-order valence-corrected chi connectivity index (χ2v) is 6.33. The molecule has 2 rings (SSSR count). The van der Waals surface area contributed by atoms with Crippen LogP contribution in [0.4, 0.5) is 5.13 Å². The van der Waals surface area contributed by atoms with Crippen molar-refractivity contribution in [3.05, 3.63) is 4.88 Å². The van der Waals surface area contributed by atoms with Crippen molar-refractivity contribution in [3.63, 3.8) is 0 Å². The Morgan fingerprint density at radius 3 is 2.68 bits per heavy atom. The number of aromatic nitrogens is 1. The minimum absolute atomic E-state index is 0.340. The molecule has 124 valence electrons. The van der Waals surface area contributed by atoms with Crippen molar-refractivity contribution in [1.29, 1.82) is 0 Å². The average molecular weight is 327 g/mol. The molecule has 1 atom stereocenters. The Labute approximate surface area is 135 Å². The zero-order valence-electron chi connectivity index (χ0n) is 13.3. The van der Waals surface area contributed by atoms with Gasteiger partial charge in [-0.2, -0.15) is 4.98 Å². The van der Waals surface area contributed by atoms with E-state index in [4.69, 9.17) is 15.2 Å². The summed E-state index contributed by atoms with van der Waals surface area (Å²) in [5.74, 6) is 0.227. The van der Waals surface area contributed by atoms with Gasteiger partial charge in [-0.3, -0.25) is 4.79 Å². The molecule has 1 aliphatic rings. The molecular formula is C15H25N3O3S. The van der Waals surface area contributed by atoms with Gasteiger partial charge in [0, 0.05) is 19.5 Å². The normalized spacial score (nSPS) is 16.4. The molecule has 0 aliphatic carbocycles. The predicted octanol–water partition coefficient (Wildman–Crippen LogP) is 1.96. The molecule has 0 bridgehead atoms. The van der Waals surface area contributed by atoms with Crippen LogP contribution < -0.4 is 15.4 Å². The molecule has 1 saturated heterocycles. The molecule has 2 N–H and O–H groups in total. The van der Waals surface area contributed by atoms with Gasteiger partial charge in [-0.25, -0.2) is 0 Å². The number of hydrogen-bond acceptors (Lipinski definition) is 7. The number of esters is 1. The Bertz CT molecular complexity index is 486. The molecule has 0 radical (unpaired) electrons. The van der Waals surface area contributed by atoms with Gasteiger partial charge in [0.1, 0.15) is 6.04 Å². The van der Waals surface area contributed by atoms with Crippen LogP contribution in [0.15, 0.2) is 0 Å². The van der Waals surface area contributed by atoms with Crippen molar-refractivity contribution >= 4 is 22.4 Å². The summed E-state index contributed by atoms with van der Waals surface area (Å²) in [5.41, 5.74) is 5.92. The quantitative estimate of drug-likeness (QED) is 0.772. The van der Waals surface area contributed by atoms with Gasteiger partial charge >= 0.3 is 5.97 Å². The molecule has 6 nitrogen and oxygen atoms in total. The highest BCUT2D eigenvalue weighted by Crippen LogP contribution is 2.33. The van der Waals surface area contributed by atoms with Gasteiger partial charge in [0.15, 0.2) is 5.13 Å². The molecular weight excluding hydrogens is 302 g/mol. The van der Waals surface area contributed by atoms with Crippen LogP contribution in [-0.2, 0) is 16.0 Å². The topological polar surface area (TPSA) is 77.7 Å². The number of carbonyl (C=O) groups is 1. The number of hydrogen-bond donors (Lipinski definition) is 1. The van der Waals surface area contributed by atoms with Crippen molar-refractivity contribution in [3.8, 4) is 5.88 Å². The third-order valence-corrected chi connectivity index (χ3v) is 4.67. The molecule has 0 saturated carbocycles. The SMILES string of the molecule is CCOC(=O)C(N)Cc1sc(N2CCCCC2)nc1OCC. The number of thiazole rings is 1. The van der Waals surface area contributed by atoms with E-state index in [9.17, 15) is 4.79 Å². The molecule has 0 aromatic carbocycles. The van der Waals surface area contributed by atoms with Crippen LogP contribution in [0.1, 0.15) is 38.0 Å². The first-order valence-corrected chi connectivity index (χ1v) is 8.77. The summed E-state index contributed by atoms with van der Waals surface area (Å²) < 4.78 is 10.6. The number of carbonyl (C=O) groups excluding carboxylic acids is 1. The molecule has 2 heterocycles. The summed E-state index contributed by atoms with van der Waals surface area (Å²) in [6.45, 7) is 6.65. The van der Waals surface area contributed by atoms with Crippen LogP contribution in [0.2, 0.25) is 0 Å². The van der Waals surface area contributed by atoms with Crippen LogP contribution in [0.3, 0.4) is 0 Å². The minimum atomic E-state index is -0.672. The summed E-state index contributed by atoms with van der Waals surface area (Å²) in [5, 5.41) is 0.967. The lowest BCUT2D eigenvalue weighted by atomic mass is 10.1. The van der Waals surface area contributed by atoms with Gasteiger partial charge in [0.25, 0.3) is 0 Å². The van der Waals surface area contributed by atoms with Crippen molar-refractivity contribution in [2.24, 2.45) is 5.73 Å². The monoisotopic (exact) mass is 327 g/mol. The van der Waals surface area contributed by atoms with Crippen molar-refractivity contribution in [2.45, 2.75) is 45.6 Å². The van der Waals surface area contributed by atoms with Crippen molar-refractivity contribution < 1.29 is 14.3 Å². The minimum Gasteiger partial charge on any atom is -0.477 e. The molecule has 0 amide bonds. The lowest BCUT2D eigenvalue weighted by molar-refractivity contribution is -0.144. The summed E-state index contributed by atoms with van der Waals surface area (Å²) >= 11 is 1.57. The van der Waals surface area contributed by atoms with E-state index in [-0.39, 0.29) is 5.97 Å². The number of anilines is 1. The number of nitrogens with zero attached hydrogens (tertiary/aromatic N) is 2.